The summed E-state index contributed by atoms with van der Waals surface area (Å²) in [6.45, 7) is 0.0468. The van der Waals surface area contributed by atoms with Crippen LogP contribution in [0, 0.1) is 5.92 Å². The Morgan fingerprint density at radius 2 is 1.83 bits per heavy atom. The van der Waals surface area contributed by atoms with E-state index in [1.165, 1.54) is 24.3 Å². The van der Waals surface area contributed by atoms with Gasteiger partial charge in [-0.1, -0.05) is 12.1 Å². The lowest BCUT2D eigenvalue weighted by atomic mass is 9.92. The molecule has 24 heavy (non-hydrogen) atoms. The van der Waals surface area contributed by atoms with Gasteiger partial charge in [0.15, 0.2) is 0 Å². The number of alkyl halides is 3. The zero-order valence-electron chi connectivity index (χ0n) is 12.4. The largest absolute Gasteiger partial charge is 0.478 e. The van der Waals surface area contributed by atoms with E-state index in [4.69, 9.17) is 5.11 Å². The summed E-state index contributed by atoms with van der Waals surface area (Å²) in [6, 6.07) is 3.82. The Kier molecular flexibility index (Phi) is 5.10. The first kappa shape index (κ1) is 17.8. The number of halogens is 3. The number of amides is 2. The summed E-state index contributed by atoms with van der Waals surface area (Å²) >= 11 is 0. The average Bonchev–Trinajstić information content (AvgIpc) is 2.52. The van der Waals surface area contributed by atoms with Crippen molar-refractivity contribution in [2.24, 2.45) is 5.92 Å². The van der Waals surface area contributed by atoms with E-state index >= 15 is 0 Å². The number of carbonyl (C=O) groups excluding carboxylic acids is 2. The van der Waals surface area contributed by atoms with E-state index in [1.807, 2.05) is 5.32 Å². The topological polar surface area (TPSA) is 95.5 Å². The summed E-state index contributed by atoms with van der Waals surface area (Å²) in [6.07, 6.45) is -5.05. The van der Waals surface area contributed by atoms with Crippen LogP contribution in [0.1, 0.15) is 28.8 Å². The lowest BCUT2D eigenvalue weighted by Gasteiger charge is -2.29. The summed E-state index contributed by atoms with van der Waals surface area (Å²) in [7, 11) is 0. The predicted molar refractivity (Wildman–Crippen MR) is 76.0 cm³/mol. The molecule has 1 saturated heterocycles. The van der Waals surface area contributed by atoms with Gasteiger partial charge in [-0.3, -0.25) is 9.59 Å². The van der Waals surface area contributed by atoms with Gasteiger partial charge in [0, 0.05) is 6.54 Å². The zero-order valence-corrected chi connectivity index (χ0v) is 12.4. The van der Waals surface area contributed by atoms with Crippen LogP contribution in [0.2, 0.25) is 0 Å². The SMILES string of the molecule is O=C(O)c1ccc(CNC(=O)[C@@H]2CC[C@@H](C(F)(F)F)NC2=O)cc1. The molecule has 1 aromatic carbocycles. The highest BCUT2D eigenvalue weighted by molar-refractivity contribution is 6.00. The molecule has 0 spiro atoms. The molecule has 130 valence electrons. The molecule has 2 atom stereocenters. The van der Waals surface area contributed by atoms with Crippen molar-refractivity contribution in [3.05, 3.63) is 35.4 Å². The van der Waals surface area contributed by atoms with Gasteiger partial charge in [-0.2, -0.15) is 13.2 Å². The van der Waals surface area contributed by atoms with E-state index in [9.17, 15) is 27.6 Å². The minimum atomic E-state index is -4.52. The predicted octanol–water partition coefficient (Wildman–Crippen LogP) is 1.46. The molecule has 0 saturated carbocycles. The molecule has 0 aromatic heterocycles. The molecule has 0 unspecified atom stereocenters. The smallest absolute Gasteiger partial charge is 0.408 e. The van der Waals surface area contributed by atoms with Crippen molar-refractivity contribution in [2.45, 2.75) is 31.6 Å². The number of carboxylic acid groups (broad SMARTS) is 1. The normalized spacial score (nSPS) is 21.0. The highest BCUT2D eigenvalue weighted by Crippen LogP contribution is 2.28. The van der Waals surface area contributed by atoms with E-state index in [1.54, 1.807) is 0 Å². The van der Waals surface area contributed by atoms with Crippen molar-refractivity contribution in [3.63, 3.8) is 0 Å². The number of hydrogen-bond donors (Lipinski definition) is 3. The lowest BCUT2D eigenvalue weighted by Crippen LogP contribution is -2.54. The molecule has 6 nitrogen and oxygen atoms in total. The van der Waals surface area contributed by atoms with Crippen molar-refractivity contribution in [1.82, 2.24) is 10.6 Å². The highest BCUT2D eigenvalue weighted by Gasteiger charge is 2.45. The Morgan fingerprint density at radius 3 is 2.33 bits per heavy atom. The summed E-state index contributed by atoms with van der Waals surface area (Å²) in [5.74, 6) is -3.84. The number of hydrogen-bond acceptors (Lipinski definition) is 3. The van der Waals surface area contributed by atoms with Crippen LogP contribution in [0.4, 0.5) is 13.2 Å². The van der Waals surface area contributed by atoms with Gasteiger partial charge in [0.2, 0.25) is 11.8 Å². The molecule has 1 aliphatic heterocycles. The van der Waals surface area contributed by atoms with Crippen LogP contribution in [-0.4, -0.2) is 35.1 Å². The molecule has 9 heteroatoms. The first-order chi connectivity index (χ1) is 11.2. The number of carboxylic acids is 1. The number of nitrogens with one attached hydrogen (secondary N) is 2. The second kappa shape index (κ2) is 6.90. The van der Waals surface area contributed by atoms with E-state index in [0.29, 0.717) is 5.56 Å². The van der Waals surface area contributed by atoms with Gasteiger partial charge in [0.05, 0.1) is 5.56 Å². The Morgan fingerprint density at radius 1 is 1.21 bits per heavy atom. The standard InChI is InChI=1S/C15H15F3N2O4/c16-15(17,18)11-6-5-10(13(22)20-11)12(21)19-7-8-1-3-9(4-2-8)14(23)24/h1-4,10-11H,5-7H2,(H,19,21)(H,20,22)(H,23,24)/t10-,11-/m0/s1. The fourth-order valence-corrected chi connectivity index (χ4v) is 2.38. The number of benzene rings is 1. The number of carbonyl (C=O) groups is 3. The van der Waals surface area contributed by atoms with Crippen molar-refractivity contribution < 1.29 is 32.7 Å². The van der Waals surface area contributed by atoms with E-state index in [0.717, 1.165) is 0 Å². The van der Waals surface area contributed by atoms with Gasteiger partial charge < -0.3 is 15.7 Å². The van der Waals surface area contributed by atoms with Gasteiger partial charge in [-0.05, 0) is 30.5 Å². The minimum Gasteiger partial charge on any atom is -0.478 e. The zero-order chi connectivity index (χ0) is 17.9. The van der Waals surface area contributed by atoms with Crippen LogP contribution in [0.3, 0.4) is 0 Å². The third-order valence-corrected chi connectivity index (χ3v) is 3.76. The van der Waals surface area contributed by atoms with Crippen LogP contribution in [0.5, 0.6) is 0 Å². The Hall–Kier alpha value is -2.58. The quantitative estimate of drug-likeness (QED) is 0.721. The summed E-state index contributed by atoms with van der Waals surface area (Å²) < 4.78 is 37.6. The monoisotopic (exact) mass is 344 g/mol. The first-order valence-corrected chi connectivity index (χ1v) is 7.15. The molecule has 1 fully saturated rings. The minimum absolute atomic E-state index is 0.0468. The second-order valence-corrected chi connectivity index (χ2v) is 5.45. The van der Waals surface area contributed by atoms with Gasteiger partial charge in [-0.15, -0.1) is 0 Å². The Bertz CT molecular complexity index is 643. The van der Waals surface area contributed by atoms with Gasteiger partial charge in [-0.25, -0.2) is 4.79 Å². The van der Waals surface area contributed by atoms with Crippen LogP contribution in [0.15, 0.2) is 24.3 Å². The van der Waals surface area contributed by atoms with Gasteiger partial charge in [0.1, 0.15) is 12.0 Å². The number of piperidine rings is 1. The molecule has 2 amide bonds. The maximum absolute atomic E-state index is 12.5. The number of aromatic carboxylic acids is 1. The molecule has 3 N–H and O–H groups in total. The van der Waals surface area contributed by atoms with E-state index in [2.05, 4.69) is 5.32 Å². The summed E-state index contributed by atoms with van der Waals surface area (Å²) in [5.41, 5.74) is 0.702. The molecule has 2 rings (SSSR count). The Balaban J connectivity index is 1.89. The maximum atomic E-state index is 12.5. The average molecular weight is 344 g/mol. The molecule has 1 aromatic rings. The molecular formula is C15H15F3N2O4. The molecular weight excluding hydrogens is 329 g/mol. The summed E-state index contributed by atoms with van der Waals surface area (Å²) in [5, 5.41) is 13.1. The van der Waals surface area contributed by atoms with E-state index in [-0.39, 0.29) is 24.9 Å². The molecule has 1 aliphatic rings. The summed E-state index contributed by atoms with van der Waals surface area (Å²) in [4.78, 5) is 34.4. The third kappa shape index (κ3) is 4.24. The van der Waals surface area contributed by atoms with Crippen molar-refractivity contribution in [2.75, 3.05) is 0 Å². The van der Waals surface area contributed by atoms with Crippen molar-refractivity contribution in [3.8, 4) is 0 Å². The highest BCUT2D eigenvalue weighted by atomic mass is 19.4. The molecule has 0 bridgehead atoms. The van der Waals surface area contributed by atoms with Gasteiger partial charge >= 0.3 is 12.1 Å². The van der Waals surface area contributed by atoms with Crippen molar-refractivity contribution in [1.29, 1.82) is 0 Å². The van der Waals surface area contributed by atoms with Crippen molar-refractivity contribution >= 4 is 17.8 Å². The molecule has 0 radical (unpaired) electrons. The lowest BCUT2D eigenvalue weighted by molar-refractivity contribution is -0.171. The fourth-order valence-electron chi connectivity index (χ4n) is 2.38. The third-order valence-electron chi connectivity index (χ3n) is 3.76. The fraction of sp³-hybridized carbons (Fsp3) is 0.400. The van der Waals surface area contributed by atoms with Crippen LogP contribution in [0.25, 0.3) is 0 Å². The van der Waals surface area contributed by atoms with Crippen LogP contribution < -0.4 is 10.6 Å². The Labute approximate surface area is 135 Å². The van der Waals surface area contributed by atoms with Crippen LogP contribution >= 0.6 is 0 Å². The number of rotatable bonds is 4. The first-order valence-electron chi connectivity index (χ1n) is 7.15. The maximum Gasteiger partial charge on any atom is 0.408 e. The van der Waals surface area contributed by atoms with Crippen LogP contribution in [-0.2, 0) is 16.1 Å². The van der Waals surface area contributed by atoms with E-state index < -0.39 is 35.9 Å². The molecule has 1 heterocycles. The second-order valence-electron chi connectivity index (χ2n) is 5.45. The van der Waals surface area contributed by atoms with Gasteiger partial charge in [0.25, 0.3) is 0 Å². The molecule has 0 aliphatic carbocycles.